The van der Waals surface area contributed by atoms with Crippen LogP contribution in [0.5, 0.6) is 0 Å². The third-order valence-corrected chi connectivity index (χ3v) is 7.51. The highest BCUT2D eigenvalue weighted by molar-refractivity contribution is 7.12. The Morgan fingerprint density at radius 2 is 1.94 bits per heavy atom. The monoisotopic (exact) mass is 452 g/mol. The highest BCUT2D eigenvalue weighted by atomic mass is 32.1. The van der Waals surface area contributed by atoms with Gasteiger partial charge in [0.05, 0.1) is 29.4 Å². The van der Waals surface area contributed by atoms with E-state index in [9.17, 15) is 10.1 Å². The third kappa shape index (κ3) is 3.55. The molecule has 0 saturated carbocycles. The van der Waals surface area contributed by atoms with Crippen molar-refractivity contribution in [1.82, 2.24) is 4.98 Å². The van der Waals surface area contributed by atoms with Crippen molar-refractivity contribution in [2.45, 2.75) is 38.5 Å². The molecule has 0 spiro atoms. The van der Waals surface area contributed by atoms with Gasteiger partial charge in [0.25, 0.3) is 0 Å². The Hall–Kier alpha value is -3.69. The summed E-state index contributed by atoms with van der Waals surface area (Å²) in [7, 11) is 0. The first-order valence-electron chi connectivity index (χ1n) is 11.0. The van der Waals surface area contributed by atoms with Crippen LogP contribution in [0.4, 0.5) is 5.69 Å². The number of nitrogens with two attached hydrogens (primary N) is 1. The third-order valence-electron chi connectivity index (χ3n) is 6.53. The van der Waals surface area contributed by atoms with Gasteiger partial charge in [-0.05, 0) is 55.5 Å². The number of hydrogen-bond donors (Lipinski definition) is 1. The van der Waals surface area contributed by atoms with Crippen LogP contribution in [0.3, 0.4) is 0 Å². The zero-order chi connectivity index (χ0) is 23.1. The van der Waals surface area contributed by atoms with E-state index in [1.54, 1.807) is 23.7 Å². The Bertz CT molecular complexity index is 1330. The zero-order valence-electron chi connectivity index (χ0n) is 18.6. The van der Waals surface area contributed by atoms with Crippen LogP contribution in [0.1, 0.15) is 45.6 Å². The van der Waals surface area contributed by atoms with Gasteiger partial charge < -0.3 is 5.73 Å². The SMILES string of the molecule is Cc1cc([C@H]2C(C#N)=C(N)N(c3cccnc3)C3=C2C(=O)C[C@H](c2ccccc2)C3)c(C)s1. The van der Waals surface area contributed by atoms with E-state index in [1.807, 2.05) is 42.2 Å². The number of benzene rings is 1. The second kappa shape index (κ2) is 8.34. The molecule has 6 heteroatoms. The van der Waals surface area contributed by atoms with Crippen molar-refractivity contribution in [3.63, 3.8) is 0 Å². The maximum atomic E-state index is 13.8. The van der Waals surface area contributed by atoms with Crippen molar-refractivity contribution in [1.29, 1.82) is 5.26 Å². The molecule has 2 N–H and O–H groups in total. The maximum Gasteiger partial charge on any atom is 0.162 e. The Kier molecular flexibility index (Phi) is 5.35. The maximum absolute atomic E-state index is 13.8. The Morgan fingerprint density at radius 1 is 1.15 bits per heavy atom. The second-order valence-electron chi connectivity index (χ2n) is 8.56. The number of nitrogens with zero attached hydrogens (tertiary/aromatic N) is 3. The summed E-state index contributed by atoms with van der Waals surface area (Å²) in [6, 6.07) is 18.3. The Labute approximate surface area is 197 Å². The highest BCUT2D eigenvalue weighted by Gasteiger charge is 2.43. The van der Waals surface area contributed by atoms with Gasteiger partial charge in [-0.15, -0.1) is 11.3 Å². The van der Waals surface area contributed by atoms with Gasteiger partial charge in [0.2, 0.25) is 0 Å². The van der Waals surface area contributed by atoms with Gasteiger partial charge in [0.15, 0.2) is 5.78 Å². The number of carbonyl (C=O) groups is 1. The topological polar surface area (TPSA) is 83.0 Å². The lowest BCUT2D eigenvalue weighted by molar-refractivity contribution is -0.116. The van der Waals surface area contributed by atoms with E-state index in [2.05, 4.69) is 36.2 Å². The van der Waals surface area contributed by atoms with Crippen LogP contribution in [-0.2, 0) is 4.79 Å². The molecule has 5 rings (SSSR count). The van der Waals surface area contributed by atoms with E-state index < -0.39 is 5.92 Å². The molecule has 1 aliphatic heterocycles. The molecule has 3 heterocycles. The van der Waals surface area contributed by atoms with Gasteiger partial charge in [-0.25, -0.2) is 0 Å². The number of pyridine rings is 1. The quantitative estimate of drug-likeness (QED) is 0.571. The molecule has 0 amide bonds. The van der Waals surface area contributed by atoms with Gasteiger partial charge in [-0.2, -0.15) is 5.26 Å². The largest absolute Gasteiger partial charge is 0.384 e. The van der Waals surface area contributed by atoms with Crippen LogP contribution < -0.4 is 10.6 Å². The fourth-order valence-electron chi connectivity index (χ4n) is 5.12. The summed E-state index contributed by atoms with van der Waals surface area (Å²) in [6.45, 7) is 4.10. The van der Waals surface area contributed by atoms with Gasteiger partial charge in [0.1, 0.15) is 5.82 Å². The summed E-state index contributed by atoms with van der Waals surface area (Å²) >= 11 is 1.68. The first kappa shape index (κ1) is 21.2. The molecule has 164 valence electrons. The van der Waals surface area contributed by atoms with Gasteiger partial charge >= 0.3 is 0 Å². The standard InChI is InChI=1S/C27H24N4OS/c1-16-11-21(17(2)33-16)25-22(14-28)27(29)31(20-9-6-10-30-15-20)23-12-19(13-24(32)26(23)25)18-7-4-3-5-8-18/h3-11,15,19,25H,12-13,29H2,1-2H3/t19-,25+/m1/s1. The highest BCUT2D eigenvalue weighted by Crippen LogP contribution is 2.50. The predicted molar refractivity (Wildman–Crippen MR) is 131 cm³/mol. The lowest BCUT2D eigenvalue weighted by atomic mass is 9.72. The summed E-state index contributed by atoms with van der Waals surface area (Å²) in [5.41, 5.74) is 11.6. The number of anilines is 1. The molecule has 1 aliphatic carbocycles. The van der Waals surface area contributed by atoms with Crippen molar-refractivity contribution in [2.75, 3.05) is 4.90 Å². The molecule has 2 aliphatic rings. The molecule has 3 aromatic rings. The molecular weight excluding hydrogens is 428 g/mol. The predicted octanol–water partition coefficient (Wildman–Crippen LogP) is 5.46. The van der Waals surface area contributed by atoms with E-state index in [-0.39, 0.29) is 11.7 Å². The minimum atomic E-state index is -0.438. The van der Waals surface area contributed by atoms with E-state index in [4.69, 9.17) is 5.73 Å². The van der Waals surface area contributed by atoms with Crippen molar-refractivity contribution < 1.29 is 4.79 Å². The molecule has 0 unspecified atom stereocenters. The normalized spacial score (nSPS) is 20.6. The molecule has 2 aromatic heterocycles. The first-order valence-corrected chi connectivity index (χ1v) is 11.8. The molecule has 0 fully saturated rings. The van der Waals surface area contributed by atoms with Crippen LogP contribution in [0.2, 0.25) is 0 Å². The number of rotatable bonds is 3. The molecule has 5 nitrogen and oxygen atoms in total. The molecule has 0 radical (unpaired) electrons. The molecule has 1 aromatic carbocycles. The average molecular weight is 453 g/mol. The van der Waals surface area contributed by atoms with Crippen LogP contribution in [-0.4, -0.2) is 10.8 Å². The van der Waals surface area contributed by atoms with Crippen LogP contribution in [0.25, 0.3) is 0 Å². The number of thiophene rings is 1. The van der Waals surface area contributed by atoms with Crippen molar-refractivity contribution in [3.8, 4) is 6.07 Å². The summed E-state index contributed by atoms with van der Waals surface area (Å²) in [5, 5.41) is 10.2. The number of hydrogen-bond acceptors (Lipinski definition) is 6. The van der Waals surface area contributed by atoms with Gasteiger partial charge in [-0.1, -0.05) is 30.3 Å². The zero-order valence-corrected chi connectivity index (χ0v) is 19.4. The number of nitriles is 1. The second-order valence-corrected chi connectivity index (χ2v) is 10.0. The first-order chi connectivity index (χ1) is 16.0. The van der Waals surface area contributed by atoms with E-state index in [1.165, 1.54) is 0 Å². The Balaban J connectivity index is 1.74. The molecule has 0 saturated heterocycles. The lowest BCUT2D eigenvalue weighted by Crippen LogP contribution is -2.40. The number of Topliss-reactive ketones (excluding diaryl/α,β-unsaturated/α-hetero) is 1. The summed E-state index contributed by atoms with van der Waals surface area (Å²) in [4.78, 5) is 22.2. The van der Waals surface area contributed by atoms with E-state index in [0.29, 0.717) is 29.8 Å². The minimum Gasteiger partial charge on any atom is -0.384 e. The van der Waals surface area contributed by atoms with Crippen LogP contribution in [0, 0.1) is 25.2 Å². The summed E-state index contributed by atoms with van der Waals surface area (Å²) < 4.78 is 0. The van der Waals surface area contributed by atoms with Gasteiger partial charge in [-0.3, -0.25) is 14.7 Å². The summed E-state index contributed by atoms with van der Waals surface area (Å²) in [5.74, 6) is 0.0672. The average Bonchev–Trinajstić information content (AvgIpc) is 3.16. The van der Waals surface area contributed by atoms with Gasteiger partial charge in [0, 0.05) is 33.6 Å². The van der Waals surface area contributed by atoms with Crippen molar-refractivity contribution >= 4 is 22.8 Å². The minimum absolute atomic E-state index is 0.0546. The van der Waals surface area contributed by atoms with E-state index in [0.717, 1.165) is 32.3 Å². The number of carbonyl (C=O) groups excluding carboxylic acids is 1. The Morgan fingerprint density at radius 3 is 2.58 bits per heavy atom. The number of ketones is 1. The lowest BCUT2D eigenvalue weighted by Gasteiger charge is -2.41. The smallest absolute Gasteiger partial charge is 0.162 e. The summed E-state index contributed by atoms with van der Waals surface area (Å²) in [6.07, 6.45) is 4.51. The van der Waals surface area contributed by atoms with Crippen LogP contribution >= 0.6 is 11.3 Å². The van der Waals surface area contributed by atoms with Crippen molar-refractivity contribution in [2.24, 2.45) is 5.73 Å². The fraction of sp³-hybridized carbons (Fsp3) is 0.222. The molecule has 33 heavy (non-hydrogen) atoms. The number of allylic oxidation sites excluding steroid dienone is 3. The van der Waals surface area contributed by atoms with Crippen LogP contribution in [0.15, 0.2) is 83.6 Å². The fourth-order valence-corrected chi connectivity index (χ4v) is 6.08. The molecule has 2 atom stereocenters. The number of aromatic nitrogens is 1. The molecule has 0 bridgehead atoms. The number of aryl methyl sites for hydroxylation is 2. The van der Waals surface area contributed by atoms with Crippen molar-refractivity contribution in [3.05, 3.63) is 104 Å². The molecular formula is C27H24N4OS. The van der Waals surface area contributed by atoms with E-state index >= 15 is 0 Å².